The number of nitrogens with one attached hydrogen (secondary N) is 1. The van der Waals surface area contributed by atoms with Crippen LogP contribution in [0.4, 0.5) is 0 Å². The molecule has 0 fully saturated rings. The lowest BCUT2D eigenvalue weighted by Gasteiger charge is -2.14. The van der Waals surface area contributed by atoms with E-state index in [9.17, 15) is 9.59 Å². The lowest BCUT2D eigenvalue weighted by Crippen LogP contribution is -2.29. The predicted molar refractivity (Wildman–Crippen MR) is 80.3 cm³/mol. The molecule has 0 heterocycles. The number of benzene rings is 1. The second kappa shape index (κ2) is 8.29. The van der Waals surface area contributed by atoms with E-state index in [0.717, 1.165) is 18.4 Å². The van der Waals surface area contributed by atoms with Gasteiger partial charge in [0, 0.05) is 12.5 Å². The summed E-state index contributed by atoms with van der Waals surface area (Å²) < 4.78 is 9.86. The Hall–Kier alpha value is -2.04. The van der Waals surface area contributed by atoms with Crippen LogP contribution in [0, 0.1) is 5.92 Å². The zero-order chi connectivity index (χ0) is 15.8. The molecular weight excluding hydrogens is 270 g/mol. The Balaban J connectivity index is 2.81. The molecular formula is C16H23NO4. The van der Waals surface area contributed by atoms with Crippen molar-refractivity contribution >= 4 is 11.9 Å². The van der Waals surface area contributed by atoms with Crippen molar-refractivity contribution in [3.8, 4) is 5.75 Å². The molecule has 1 N–H and O–H groups in total. The number of ether oxygens (including phenoxy) is 2. The number of amides is 1. The van der Waals surface area contributed by atoms with Crippen LogP contribution in [0.3, 0.4) is 0 Å². The molecule has 5 nitrogen and oxygen atoms in total. The van der Waals surface area contributed by atoms with Gasteiger partial charge in [0.2, 0.25) is 5.91 Å². The fraction of sp³-hybridized carbons (Fsp3) is 0.500. The molecule has 0 unspecified atom stereocenters. The van der Waals surface area contributed by atoms with Crippen LogP contribution < -0.4 is 10.1 Å². The fourth-order valence-corrected chi connectivity index (χ4v) is 2.13. The number of rotatable bonds is 7. The fourth-order valence-electron chi connectivity index (χ4n) is 2.13. The monoisotopic (exact) mass is 293 g/mol. The first kappa shape index (κ1) is 17.0. The van der Waals surface area contributed by atoms with E-state index < -0.39 is 5.97 Å². The number of esters is 1. The van der Waals surface area contributed by atoms with Gasteiger partial charge in [-0.15, -0.1) is 0 Å². The lowest BCUT2D eigenvalue weighted by atomic mass is 10.0. The number of hydrogen-bond acceptors (Lipinski definition) is 4. The van der Waals surface area contributed by atoms with Crippen molar-refractivity contribution in [2.45, 2.75) is 33.2 Å². The zero-order valence-corrected chi connectivity index (χ0v) is 13.1. The van der Waals surface area contributed by atoms with E-state index in [1.54, 1.807) is 12.1 Å². The summed E-state index contributed by atoms with van der Waals surface area (Å²) in [4.78, 5) is 23.6. The molecule has 1 rings (SSSR count). The van der Waals surface area contributed by atoms with Gasteiger partial charge in [0.05, 0.1) is 14.2 Å². The van der Waals surface area contributed by atoms with Crippen molar-refractivity contribution in [2.24, 2.45) is 5.92 Å². The molecule has 0 aliphatic carbocycles. The first-order valence-corrected chi connectivity index (χ1v) is 7.10. The molecule has 116 valence electrons. The summed E-state index contributed by atoms with van der Waals surface area (Å²) in [5, 5.41) is 2.89. The average Bonchev–Trinajstić information content (AvgIpc) is 2.52. The van der Waals surface area contributed by atoms with Gasteiger partial charge in [0.1, 0.15) is 11.3 Å². The van der Waals surface area contributed by atoms with Crippen LogP contribution in [0.15, 0.2) is 18.2 Å². The molecule has 0 saturated heterocycles. The largest absolute Gasteiger partial charge is 0.496 e. The molecule has 1 aromatic rings. The van der Waals surface area contributed by atoms with E-state index in [2.05, 4.69) is 5.32 Å². The number of carbonyl (C=O) groups is 2. The summed E-state index contributed by atoms with van der Waals surface area (Å²) >= 11 is 0. The molecule has 0 bridgehead atoms. The quantitative estimate of drug-likeness (QED) is 0.785. The SMILES string of the molecule is CCC(CC)C(=O)NCc1ccc(OC)c(C(=O)OC)c1. The van der Waals surface area contributed by atoms with E-state index in [1.807, 2.05) is 19.9 Å². The second-order valence-electron chi connectivity index (χ2n) is 4.76. The Morgan fingerprint density at radius 3 is 2.38 bits per heavy atom. The van der Waals surface area contributed by atoms with Crippen LogP contribution in [-0.4, -0.2) is 26.1 Å². The van der Waals surface area contributed by atoms with Gasteiger partial charge >= 0.3 is 5.97 Å². The first-order valence-electron chi connectivity index (χ1n) is 7.10. The molecule has 21 heavy (non-hydrogen) atoms. The van der Waals surface area contributed by atoms with Crippen molar-refractivity contribution < 1.29 is 19.1 Å². The molecule has 0 atom stereocenters. The molecule has 1 amide bonds. The third kappa shape index (κ3) is 4.48. The minimum Gasteiger partial charge on any atom is -0.496 e. The van der Waals surface area contributed by atoms with Crippen molar-refractivity contribution in [3.63, 3.8) is 0 Å². The first-order chi connectivity index (χ1) is 10.1. The Bertz CT molecular complexity index is 495. The molecule has 0 saturated carbocycles. The topological polar surface area (TPSA) is 64.6 Å². The average molecular weight is 293 g/mol. The van der Waals surface area contributed by atoms with Gasteiger partial charge in [-0.2, -0.15) is 0 Å². The van der Waals surface area contributed by atoms with E-state index >= 15 is 0 Å². The molecule has 0 aliphatic heterocycles. The Kier molecular flexibility index (Phi) is 6.72. The molecule has 1 aromatic carbocycles. The maximum absolute atomic E-state index is 11.9. The van der Waals surface area contributed by atoms with Crippen molar-refractivity contribution in [3.05, 3.63) is 29.3 Å². The molecule has 0 aliphatic rings. The van der Waals surface area contributed by atoms with Gasteiger partial charge in [-0.3, -0.25) is 4.79 Å². The lowest BCUT2D eigenvalue weighted by molar-refractivity contribution is -0.125. The Morgan fingerprint density at radius 1 is 1.19 bits per heavy atom. The predicted octanol–water partition coefficient (Wildman–Crippen LogP) is 2.53. The van der Waals surface area contributed by atoms with Crippen molar-refractivity contribution in [2.75, 3.05) is 14.2 Å². The van der Waals surface area contributed by atoms with E-state index in [1.165, 1.54) is 14.2 Å². The summed E-state index contributed by atoms with van der Waals surface area (Å²) in [7, 11) is 2.82. The second-order valence-corrected chi connectivity index (χ2v) is 4.76. The smallest absolute Gasteiger partial charge is 0.341 e. The van der Waals surface area contributed by atoms with Crippen LogP contribution in [0.25, 0.3) is 0 Å². The highest BCUT2D eigenvalue weighted by atomic mass is 16.5. The zero-order valence-electron chi connectivity index (χ0n) is 13.1. The summed E-state index contributed by atoms with van der Waals surface area (Å²) in [6.07, 6.45) is 1.64. The van der Waals surface area contributed by atoms with E-state index in [-0.39, 0.29) is 11.8 Å². The maximum atomic E-state index is 11.9. The van der Waals surface area contributed by atoms with Crippen LogP contribution in [0.1, 0.15) is 42.6 Å². The summed E-state index contributed by atoms with van der Waals surface area (Å²) in [5.41, 5.74) is 1.18. The maximum Gasteiger partial charge on any atom is 0.341 e. The van der Waals surface area contributed by atoms with Gasteiger partial charge in [-0.1, -0.05) is 19.9 Å². The summed E-state index contributed by atoms with van der Waals surface area (Å²) in [6, 6.07) is 5.20. The van der Waals surface area contributed by atoms with Gasteiger partial charge in [-0.05, 0) is 30.5 Å². The highest BCUT2D eigenvalue weighted by molar-refractivity contribution is 5.92. The van der Waals surface area contributed by atoms with Crippen molar-refractivity contribution in [1.29, 1.82) is 0 Å². The van der Waals surface area contributed by atoms with Crippen LogP contribution in [0.2, 0.25) is 0 Å². The number of methoxy groups -OCH3 is 2. The van der Waals surface area contributed by atoms with Gasteiger partial charge in [0.15, 0.2) is 0 Å². The molecule has 0 aromatic heterocycles. The number of hydrogen-bond donors (Lipinski definition) is 1. The third-order valence-corrected chi connectivity index (χ3v) is 3.49. The van der Waals surface area contributed by atoms with E-state index in [4.69, 9.17) is 9.47 Å². The third-order valence-electron chi connectivity index (χ3n) is 3.49. The van der Waals surface area contributed by atoms with Gasteiger partial charge in [0.25, 0.3) is 0 Å². The Labute approximate surface area is 125 Å². The summed E-state index contributed by atoms with van der Waals surface area (Å²) in [6.45, 7) is 4.37. The Morgan fingerprint density at radius 2 is 1.86 bits per heavy atom. The molecule has 0 spiro atoms. The standard InChI is InChI=1S/C16H23NO4/c1-5-12(6-2)15(18)17-10-11-7-8-14(20-3)13(9-11)16(19)21-4/h7-9,12H,5-6,10H2,1-4H3,(H,17,18). The molecule has 5 heteroatoms. The minimum absolute atomic E-state index is 0.0309. The van der Waals surface area contributed by atoms with Crippen molar-refractivity contribution in [1.82, 2.24) is 5.32 Å². The van der Waals surface area contributed by atoms with E-state index in [0.29, 0.717) is 17.9 Å². The van der Waals surface area contributed by atoms with Crippen LogP contribution >= 0.6 is 0 Å². The minimum atomic E-state index is -0.458. The highest BCUT2D eigenvalue weighted by Crippen LogP contribution is 2.21. The molecule has 0 radical (unpaired) electrons. The van der Waals surface area contributed by atoms with Crippen LogP contribution in [0.5, 0.6) is 5.75 Å². The van der Waals surface area contributed by atoms with Gasteiger partial charge < -0.3 is 14.8 Å². The number of carbonyl (C=O) groups excluding carboxylic acids is 2. The van der Waals surface area contributed by atoms with Crippen LogP contribution in [-0.2, 0) is 16.1 Å². The normalized spacial score (nSPS) is 10.3. The highest BCUT2D eigenvalue weighted by Gasteiger charge is 2.16. The van der Waals surface area contributed by atoms with Gasteiger partial charge in [-0.25, -0.2) is 4.79 Å². The summed E-state index contributed by atoms with van der Waals surface area (Å²) in [5.74, 6) is 0.0655.